The van der Waals surface area contributed by atoms with Gasteiger partial charge in [0.1, 0.15) is 29.6 Å². The molecule has 0 aliphatic heterocycles. The molecule has 1 atom stereocenters. The van der Waals surface area contributed by atoms with Gasteiger partial charge in [0.05, 0.1) is 41.8 Å². The smallest absolute Gasteiger partial charge is 0.335 e. The van der Waals surface area contributed by atoms with Crippen molar-refractivity contribution < 1.29 is 32.5 Å². The van der Waals surface area contributed by atoms with Crippen molar-refractivity contribution in [2.75, 3.05) is 7.11 Å². The van der Waals surface area contributed by atoms with Crippen molar-refractivity contribution in [2.45, 2.75) is 32.6 Å². The van der Waals surface area contributed by atoms with Gasteiger partial charge in [-0.25, -0.2) is 37.6 Å². The molecule has 1 N–H and O–H groups in total. The minimum Gasteiger partial charge on any atom is -0.478 e. The second-order valence-electron chi connectivity index (χ2n) is 10.4. The van der Waals surface area contributed by atoms with Gasteiger partial charge in [-0.3, -0.25) is 0 Å². The number of imidazole rings is 1. The molecule has 4 heterocycles. The highest BCUT2D eigenvalue weighted by molar-refractivity contribution is 5.92. The molecular weight excluding hydrogens is 603 g/mol. The van der Waals surface area contributed by atoms with E-state index in [2.05, 4.69) is 25.3 Å². The van der Waals surface area contributed by atoms with E-state index in [4.69, 9.17) is 9.47 Å². The van der Waals surface area contributed by atoms with E-state index in [1.807, 2.05) is 6.07 Å². The third kappa shape index (κ3) is 6.28. The first kappa shape index (κ1) is 30.4. The van der Waals surface area contributed by atoms with Crippen LogP contribution < -0.4 is 4.74 Å². The van der Waals surface area contributed by atoms with Gasteiger partial charge in [-0.15, -0.1) is 5.10 Å². The van der Waals surface area contributed by atoms with E-state index in [-0.39, 0.29) is 70.8 Å². The van der Waals surface area contributed by atoms with Crippen LogP contribution in [0.2, 0.25) is 0 Å². The van der Waals surface area contributed by atoms with Crippen LogP contribution in [0, 0.1) is 17.5 Å². The van der Waals surface area contributed by atoms with Crippen LogP contribution in [0.15, 0.2) is 73.2 Å². The number of hydrogen-bond donors (Lipinski definition) is 1. The van der Waals surface area contributed by atoms with E-state index in [9.17, 15) is 14.3 Å². The summed E-state index contributed by atoms with van der Waals surface area (Å²) in [4.78, 5) is 24.6. The quantitative estimate of drug-likeness (QED) is 0.200. The van der Waals surface area contributed by atoms with E-state index in [0.717, 1.165) is 23.8 Å². The fourth-order valence-corrected chi connectivity index (χ4v) is 4.88. The second kappa shape index (κ2) is 12.8. The number of carboxylic acids is 1. The highest BCUT2D eigenvalue weighted by atomic mass is 19.1. The Balaban J connectivity index is 1.24. The Morgan fingerprint density at radius 1 is 1.02 bits per heavy atom. The van der Waals surface area contributed by atoms with E-state index in [1.54, 1.807) is 48.3 Å². The van der Waals surface area contributed by atoms with Crippen LogP contribution in [0.4, 0.5) is 13.2 Å². The Morgan fingerprint density at radius 2 is 1.87 bits per heavy atom. The normalized spacial score (nSPS) is 12.0. The number of aromatic nitrogens is 7. The first-order chi connectivity index (χ1) is 22.2. The molecule has 1 unspecified atom stereocenters. The predicted octanol–water partition coefficient (Wildman–Crippen LogP) is 5.39. The monoisotopic (exact) mass is 629 g/mol. The van der Waals surface area contributed by atoms with Crippen molar-refractivity contribution in [3.63, 3.8) is 0 Å². The molecular formula is C32H26F3N7O4. The van der Waals surface area contributed by atoms with Crippen molar-refractivity contribution in [1.29, 1.82) is 0 Å². The first-order valence-electron chi connectivity index (χ1n) is 14.0. The van der Waals surface area contributed by atoms with Crippen LogP contribution in [0.3, 0.4) is 0 Å². The molecule has 0 saturated heterocycles. The van der Waals surface area contributed by atoms with Crippen molar-refractivity contribution in [3.05, 3.63) is 113 Å². The molecule has 234 valence electrons. The summed E-state index contributed by atoms with van der Waals surface area (Å²) in [6.45, 7) is 2.07. The summed E-state index contributed by atoms with van der Waals surface area (Å²) in [5.41, 5.74) is 0.661. The maximum atomic E-state index is 15.5. The summed E-state index contributed by atoms with van der Waals surface area (Å²) >= 11 is 0. The number of fused-ring (bicyclic) bond motifs is 1. The van der Waals surface area contributed by atoms with Gasteiger partial charge in [-0.1, -0.05) is 17.3 Å². The molecule has 6 rings (SSSR count). The standard InChI is InChI=1S/C32H26F3N7O4/c1-18(45-2)16-41-27-12-21(32(43)44)11-25(35)31(27)39-29(41)13-20-10-24(34)22(14-23(20)33)26-4-3-5-30(38-26)46-17-19-6-7-28(36-15-19)42-9-8-37-40-42/h3-12,14-15,18H,13,16-17H2,1-2H3,(H,43,44). The third-order valence-electron chi connectivity index (χ3n) is 7.31. The zero-order valence-electron chi connectivity index (χ0n) is 24.6. The minimum absolute atomic E-state index is 0.0315. The molecule has 4 aromatic heterocycles. The average molecular weight is 630 g/mol. The van der Waals surface area contributed by atoms with Gasteiger partial charge < -0.3 is 19.1 Å². The average Bonchev–Trinajstić information content (AvgIpc) is 3.71. The Bertz CT molecular complexity index is 2030. The van der Waals surface area contributed by atoms with Crippen LogP contribution in [0.5, 0.6) is 5.88 Å². The number of carbonyl (C=O) groups is 1. The number of rotatable bonds is 11. The highest BCUT2D eigenvalue weighted by Crippen LogP contribution is 2.29. The molecule has 0 fully saturated rings. The Kier molecular flexibility index (Phi) is 8.44. The maximum absolute atomic E-state index is 15.5. The number of nitrogens with zero attached hydrogens (tertiary/aromatic N) is 7. The molecule has 2 aromatic carbocycles. The van der Waals surface area contributed by atoms with Crippen LogP contribution >= 0.6 is 0 Å². The molecule has 0 radical (unpaired) electrons. The minimum atomic E-state index is -1.31. The van der Waals surface area contributed by atoms with Crippen molar-refractivity contribution >= 4 is 17.0 Å². The number of methoxy groups -OCH3 is 1. The summed E-state index contributed by atoms with van der Waals surface area (Å²) in [5.74, 6) is -2.61. The molecule has 0 aliphatic carbocycles. The number of carboxylic acid groups (broad SMARTS) is 1. The van der Waals surface area contributed by atoms with Gasteiger partial charge in [0, 0.05) is 36.9 Å². The van der Waals surface area contributed by atoms with Crippen molar-refractivity contribution in [1.82, 2.24) is 34.5 Å². The topological polar surface area (TPSA) is 130 Å². The number of aromatic carboxylic acids is 1. The van der Waals surface area contributed by atoms with E-state index in [0.29, 0.717) is 5.82 Å². The largest absolute Gasteiger partial charge is 0.478 e. The SMILES string of the molecule is COC(C)Cn1c(Cc2cc(F)c(-c3cccc(OCc4ccc(-n5ccnn5)nc4)n3)cc2F)nc2c(F)cc(C(=O)O)cc21. The fraction of sp³-hybridized carbons (Fsp3) is 0.188. The lowest BCUT2D eigenvalue weighted by Crippen LogP contribution is -2.17. The second-order valence-corrected chi connectivity index (χ2v) is 10.4. The Labute approximate surface area is 259 Å². The van der Waals surface area contributed by atoms with Gasteiger partial charge in [0.25, 0.3) is 0 Å². The highest BCUT2D eigenvalue weighted by Gasteiger charge is 2.21. The van der Waals surface area contributed by atoms with Crippen molar-refractivity contribution in [2.24, 2.45) is 0 Å². The summed E-state index contributed by atoms with van der Waals surface area (Å²) < 4.78 is 60.1. The van der Waals surface area contributed by atoms with Crippen LogP contribution in [0.1, 0.15) is 34.2 Å². The van der Waals surface area contributed by atoms with Gasteiger partial charge in [-0.2, -0.15) is 0 Å². The molecule has 6 aromatic rings. The Hall–Kier alpha value is -5.63. The van der Waals surface area contributed by atoms with Crippen LogP contribution in [0.25, 0.3) is 28.1 Å². The van der Waals surface area contributed by atoms with Gasteiger partial charge in [-0.05, 0) is 48.9 Å². The lowest BCUT2D eigenvalue weighted by Gasteiger charge is -2.15. The van der Waals surface area contributed by atoms with Gasteiger partial charge in [0.15, 0.2) is 11.6 Å². The zero-order valence-corrected chi connectivity index (χ0v) is 24.6. The van der Waals surface area contributed by atoms with Crippen LogP contribution in [-0.4, -0.2) is 58.8 Å². The summed E-state index contributed by atoms with van der Waals surface area (Å²) in [5, 5.41) is 17.1. The molecule has 0 amide bonds. The van der Waals surface area contributed by atoms with Crippen LogP contribution in [-0.2, 0) is 24.3 Å². The lowest BCUT2D eigenvalue weighted by atomic mass is 10.0. The predicted molar refractivity (Wildman–Crippen MR) is 159 cm³/mol. The van der Waals surface area contributed by atoms with E-state index in [1.165, 1.54) is 23.9 Å². The zero-order chi connectivity index (χ0) is 32.4. The number of ether oxygens (including phenoxy) is 2. The van der Waals surface area contributed by atoms with Crippen molar-refractivity contribution in [3.8, 4) is 23.0 Å². The third-order valence-corrected chi connectivity index (χ3v) is 7.31. The number of halogens is 3. The number of pyridine rings is 2. The Morgan fingerprint density at radius 3 is 2.59 bits per heavy atom. The first-order valence-corrected chi connectivity index (χ1v) is 14.0. The lowest BCUT2D eigenvalue weighted by molar-refractivity contribution is 0.0696. The van der Waals surface area contributed by atoms with Gasteiger partial charge in [0.2, 0.25) is 5.88 Å². The summed E-state index contributed by atoms with van der Waals surface area (Å²) in [6.07, 6.45) is 4.27. The molecule has 0 spiro atoms. The number of benzene rings is 2. The number of hydrogen-bond acceptors (Lipinski definition) is 8. The fourth-order valence-electron chi connectivity index (χ4n) is 4.88. The van der Waals surface area contributed by atoms with E-state index >= 15 is 8.78 Å². The van der Waals surface area contributed by atoms with E-state index < -0.39 is 23.4 Å². The molecule has 11 nitrogen and oxygen atoms in total. The van der Waals surface area contributed by atoms with Gasteiger partial charge >= 0.3 is 5.97 Å². The summed E-state index contributed by atoms with van der Waals surface area (Å²) in [6, 6.07) is 12.6. The molecule has 46 heavy (non-hydrogen) atoms. The molecule has 0 bridgehead atoms. The summed E-state index contributed by atoms with van der Waals surface area (Å²) in [7, 11) is 1.49. The maximum Gasteiger partial charge on any atom is 0.335 e. The molecule has 0 saturated carbocycles. The molecule has 14 heteroatoms. The molecule has 0 aliphatic rings.